The van der Waals surface area contributed by atoms with E-state index in [9.17, 15) is 0 Å². The van der Waals surface area contributed by atoms with Crippen molar-refractivity contribution in [1.29, 1.82) is 0 Å². The quantitative estimate of drug-likeness (QED) is 0.863. The van der Waals surface area contributed by atoms with E-state index in [1.807, 2.05) is 30.1 Å². The summed E-state index contributed by atoms with van der Waals surface area (Å²) in [6.07, 6.45) is 5.42. The Morgan fingerprint density at radius 3 is 2.94 bits per heavy atom. The van der Waals surface area contributed by atoms with E-state index < -0.39 is 0 Å². The number of pyridine rings is 1. The van der Waals surface area contributed by atoms with Crippen molar-refractivity contribution in [2.45, 2.75) is 26.4 Å². The lowest BCUT2D eigenvalue weighted by molar-refractivity contribution is 0.527. The summed E-state index contributed by atoms with van der Waals surface area (Å²) in [5.41, 5.74) is 2.46. The molecular formula is C12H17N5. The summed E-state index contributed by atoms with van der Waals surface area (Å²) < 4.78 is 1.92. The first-order valence-electron chi connectivity index (χ1n) is 5.65. The Morgan fingerprint density at radius 2 is 2.29 bits per heavy atom. The van der Waals surface area contributed by atoms with E-state index in [2.05, 4.69) is 34.3 Å². The SMILES string of the molecule is Cc1ccncc1CNC(C)c1nncn1C. The highest BCUT2D eigenvalue weighted by molar-refractivity contribution is 5.21. The Bertz CT molecular complexity index is 491. The number of hydrogen-bond acceptors (Lipinski definition) is 4. The van der Waals surface area contributed by atoms with Gasteiger partial charge >= 0.3 is 0 Å². The minimum absolute atomic E-state index is 0.169. The molecule has 0 saturated carbocycles. The van der Waals surface area contributed by atoms with E-state index in [0.29, 0.717) is 0 Å². The number of hydrogen-bond donors (Lipinski definition) is 1. The largest absolute Gasteiger partial charge is 0.319 e. The van der Waals surface area contributed by atoms with Gasteiger partial charge in [-0.25, -0.2) is 0 Å². The van der Waals surface area contributed by atoms with E-state index >= 15 is 0 Å². The molecule has 1 unspecified atom stereocenters. The number of nitrogens with zero attached hydrogens (tertiary/aromatic N) is 4. The van der Waals surface area contributed by atoms with Gasteiger partial charge in [0.2, 0.25) is 0 Å². The van der Waals surface area contributed by atoms with Gasteiger partial charge in [-0.15, -0.1) is 10.2 Å². The second kappa shape index (κ2) is 5.05. The van der Waals surface area contributed by atoms with Crippen molar-refractivity contribution in [3.05, 3.63) is 41.7 Å². The molecule has 5 nitrogen and oxygen atoms in total. The molecule has 2 aromatic rings. The van der Waals surface area contributed by atoms with E-state index in [1.165, 1.54) is 11.1 Å². The fraction of sp³-hybridized carbons (Fsp3) is 0.417. The van der Waals surface area contributed by atoms with Crippen LogP contribution >= 0.6 is 0 Å². The average molecular weight is 231 g/mol. The lowest BCUT2D eigenvalue weighted by Gasteiger charge is -2.13. The van der Waals surface area contributed by atoms with Crippen molar-refractivity contribution in [1.82, 2.24) is 25.1 Å². The summed E-state index contributed by atoms with van der Waals surface area (Å²) in [6.45, 7) is 4.95. The lowest BCUT2D eigenvalue weighted by Crippen LogP contribution is -2.21. The third-order valence-corrected chi connectivity index (χ3v) is 2.88. The summed E-state index contributed by atoms with van der Waals surface area (Å²) in [4.78, 5) is 4.13. The van der Waals surface area contributed by atoms with Crippen LogP contribution in [-0.2, 0) is 13.6 Å². The Balaban J connectivity index is 2.00. The molecule has 2 heterocycles. The second-order valence-electron chi connectivity index (χ2n) is 4.20. The van der Waals surface area contributed by atoms with Gasteiger partial charge in [0.15, 0.2) is 0 Å². The molecule has 0 aromatic carbocycles. The third kappa shape index (κ3) is 2.68. The molecule has 0 aliphatic rings. The molecule has 0 saturated heterocycles. The Morgan fingerprint density at radius 1 is 1.47 bits per heavy atom. The van der Waals surface area contributed by atoms with E-state index in [0.717, 1.165) is 12.4 Å². The predicted octanol–water partition coefficient (Wildman–Crippen LogP) is 1.37. The molecule has 1 N–H and O–H groups in total. The zero-order valence-electron chi connectivity index (χ0n) is 10.4. The molecule has 0 fully saturated rings. The van der Waals surface area contributed by atoms with Gasteiger partial charge < -0.3 is 9.88 Å². The van der Waals surface area contributed by atoms with Crippen LogP contribution in [0.25, 0.3) is 0 Å². The van der Waals surface area contributed by atoms with E-state index in [1.54, 1.807) is 6.33 Å². The summed E-state index contributed by atoms with van der Waals surface area (Å²) in [5.74, 6) is 0.937. The van der Waals surface area contributed by atoms with Crippen molar-refractivity contribution in [3.63, 3.8) is 0 Å². The van der Waals surface area contributed by atoms with Crippen LogP contribution in [0.4, 0.5) is 0 Å². The van der Waals surface area contributed by atoms with Crippen molar-refractivity contribution in [2.24, 2.45) is 7.05 Å². The normalized spacial score (nSPS) is 12.6. The molecular weight excluding hydrogens is 214 g/mol. The third-order valence-electron chi connectivity index (χ3n) is 2.88. The minimum Gasteiger partial charge on any atom is -0.319 e. The molecule has 17 heavy (non-hydrogen) atoms. The van der Waals surface area contributed by atoms with Gasteiger partial charge in [0.1, 0.15) is 12.2 Å². The van der Waals surface area contributed by atoms with Gasteiger partial charge in [-0.2, -0.15) is 0 Å². The van der Waals surface area contributed by atoms with Crippen molar-refractivity contribution in [2.75, 3.05) is 0 Å². The molecule has 1 atom stereocenters. The zero-order valence-corrected chi connectivity index (χ0v) is 10.4. The maximum absolute atomic E-state index is 4.13. The van der Waals surface area contributed by atoms with Crippen molar-refractivity contribution in [3.8, 4) is 0 Å². The van der Waals surface area contributed by atoms with Crippen LogP contribution in [0.2, 0.25) is 0 Å². The summed E-state index contributed by atoms with van der Waals surface area (Å²) in [6, 6.07) is 2.19. The smallest absolute Gasteiger partial charge is 0.149 e. The van der Waals surface area contributed by atoms with E-state index in [-0.39, 0.29) is 6.04 Å². The Kier molecular flexibility index (Phi) is 3.49. The molecule has 0 radical (unpaired) electrons. The average Bonchev–Trinajstić information content (AvgIpc) is 2.74. The maximum atomic E-state index is 4.13. The van der Waals surface area contributed by atoms with Crippen molar-refractivity contribution < 1.29 is 0 Å². The summed E-state index contributed by atoms with van der Waals surface area (Å²) in [7, 11) is 1.95. The summed E-state index contributed by atoms with van der Waals surface area (Å²) in [5, 5.41) is 11.4. The van der Waals surface area contributed by atoms with Crippen LogP contribution in [0.15, 0.2) is 24.8 Å². The fourth-order valence-corrected chi connectivity index (χ4v) is 1.72. The number of nitrogens with one attached hydrogen (secondary N) is 1. The lowest BCUT2D eigenvalue weighted by atomic mass is 10.1. The number of aryl methyl sites for hydroxylation is 2. The van der Waals surface area contributed by atoms with Crippen molar-refractivity contribution >= 4 is 0 Å². The predicted molar refractivity (Wildman–Crippen MR) is 65.2 cm³/mol. The molecule has 2 rings (SSSR count). The van der Waals surface area contributed by atoms with Gasteiger partial charge in [0, 0.05) is 26.0 Å². The molecule has 0 aliphatic heterocycles. The van der Waals surface area contributed by atoms with Crippen LogP contribution in [0.5, 0.6) is 0 Å². The van der Waals surface area contributed by atoms with E-state index in [4.69, 9.17) is 0 Å². The van der Waals surface area contributed by atoms with Crippen LogP contribution in [0.1, 0.15) is 29.9 Å². The molecule has 2 aromatic heterocycles. The Hall–Kier alpha value is -1.75. The van der Waals surface area contributed by atoms with Gasteiger partial charge in [0.05, 0.1) is 6.04 Å². The maximum Gasteiger partial charge on any atom is 0.149 e. The van der Waals surface area contributed by atoms with Gasteiger partial charge in [-0.3, -0.25) is 4.98 Å². The second-order valence-corrected chi connectivity index (χ2v) is 4.20. The van der Waals surface area contributed by atoms with Crippen LogP contribution in [0, 0.1) is 6.92 Å². The molecule has 0 spiro atoms. The highest BCUT2D eigenvalue weighted by Crippen LogP contribution is 2.10. The highest BCUT2D eigenvalue weighted by atomic mass is 15.3. The molecule has 0 aliphatic carbocycles. The molecule has 90 valence electrons. The monoisotopic (exact) mass is 231 g/mol. The fourth-order valence-electron chi connectivity index (χ4n) is 1.72. The molecule has 5 heteroatoms. The first-order chi connectivity index (χ1) is 8.18. The topological polar surface area (TPSA) is 55.6 Å². The molecule has 0 amide bonds. The first kappa shape index (κ1) is 11.7. The number of aromatic nitrogens is 4. The standard InChI is InChI=1S/C12H17N5/c1-9-4-5-13-6-11(9)7-14-10(2)12-16-15-8-17(12)3/h4-6,8,10,14H,7H2,1-3H3. The zero-order chi connectivity index (χ0) is 12.3. The van der Waals surface area contributed by atoms with Gasteiger partial charge in [-0.05, 0) is 31.0 Å². The highest BCUT2D eigenvalue weighted by Gasteiger charge is 2.10. The van der Waals surface area contributed by atoms with Crippen LogP contribution < -0.4 is 5.32 Å². The van der Waals surface area contributed by atoms with Crippen LogP contribution in [-0.4, -0.2) is 19.7 Å². The molecule has 0 bridgehead atoms. The van der Waals surface area contributed by atoms with Crippen LogP contribution in [0.3, 0.4) is 0 Å². The minimum atomic E-state index is 0.169. The van der Waals surface area contributed by atoms with Gasteiger partial charge in [0.25, 0.3) is 0 Å². The Labute approximate surface area is 101 Å². The summed E-state index contributed by atoms with van der Waals surface area (Å²) >= 11 is 0. The first-order valence-corrected chi connectivity index (χ1v) is 5.65. The number of rotatable bonds is 4. The van der Waals surface area contributed by atoms with Gasteiger partial charge in [-0.1, -0.05) is 0 Å².